The Morgan fingerprint density at radius 3 is 2.81 bits per heavy atom. The lowest BCUT2D eigenvalue weighted by Gasteiger charge is -2.48. The fraction of sp³-hybridized carbons (Fsp3) is 0.500. The number of rotatable bonds is 6. The second kappa shape index (κ2) is 7.81. The average Bonchev–Trinajstić information content (AvgIpc) is 3.14. The van der Waals surface area contributed by atoms with E-state index in [4.69, 9.17) is 4.74 Å². The second-order valence-corrected chi connectivity index (χ2v) is 7.41. The quantitative estimate of drug-likeness (QED) is 0.865. The molecule has 0 unspecified atom stereocenters. The number of para-hydroxylation sites is 2. The number of carbonyl (C=O) groups excluding carboxylic acids is 1. The zero-order valence-corrected chi connectivity index (χ0v) is 15.9. The van der Waals surface area contributed by atoms with Gasteiger partial charge in [0.15, 0.2) is 0 Å². The van der Waals surface area contributed by atoms with Crippen molar-refractivity contribution in [3.8, 4) is 5.75 Å². The van der Waals surface area contributed by atoms with Gasteiger partial charge in [0.2, 0.25) is 5.91 Å². The molecule has 1 aliphatic heterocycles. The van der Waals surface area contributed by atoms with Crippen LogP contribution >= 0.6 is 0 Å². The molecule has 1 amide bonds. The van der Waals surface area contributed by atoms with Gasteiger partial charge in [-0.3, -0.25) is 9.89 Å². The Hall–Kier alpha value is -2.50. The summed E-state index contributed by atoms with van der Waals surface area (Å²) < 4.78 is 5.52. The molecule has 140 valence electrons. The van der Waals surface area contributed by atoms with Crippen molar-refractivity contribution >= 4 is 11.6 Å². The Bertz CT molecular complexity index is 727. The molecule has 26 heavy (non-hydrogen) atoms. The summed E-state index contributed by atoms with van der Waals surface area (Å²) in [4.78, 5) is 17.0. The minimum Gasteiger partial charge on any atom is -0.495 e. The summed E-state index contributed by atoms with van der Waals surface area (Å²) in [6.45, 7) is 6.64. The summed E-state index contributed by atoms with van der Waals surface area (Å²) >= 11 is 0. The highest BCUT2D eigenvalue weighted by Gasteiger charge is 2.36. The van der Waals surface area contributed by atoms with Gasteiger partial charge in [0.1, 0.15) is 5.75 Å². The van der Waals surface area contributed by atoms with Crippen molar-refractivity contribution in [2.75, 3.05) is 31.6 Å². The summed E-state index contributed by atoms with van der Waals surface area (Å²) in [6.07, 6.45) is 6.02. The molecule has 1 N–H and O–H groups in total. The van der Waals surface area contributed by atoms with Gasteiger partial charge in [-0.05, 0) is 44.4 Å². The number of nitrogens with one attached hydrogen (secondary N) is 1. The van der Waals surface area contributed by atoms with Gasteiger partial charge in [0, 0.05) is 32.3 Å². The number of H-pyrrole nitrogens is 1. The molecule has 0 saturated carbocycles. The normalized spacial score (nSPS) is 16.6. The summed E-state index contributed by atoms with van der Waals surface area (Å²) in [5.41, 5.74) is 2.10. The van der Waals surface area contributed by atoms with Crippen molar-refractivity contribution < 1.29 is 9.53 Å². The van der Waals surface area contributed by atoms with Gasteiger partial charge in [-0.1, -0.05) is 12.1 Å². The van der Waals surface area contributed by atoms with Crippen LogP contribution in [0.2, 0.25) is 0 Å². The van der Waals surface area contributed by atoms with E-state index in [-0.39, 0.29) is 11.4 Å². The number of aryl methyl sites for hydroxylation is 1. The first kappa shape index (κ1) is 18.3. The molecule has 1 aromatic carbocycles. The minimum atomic E-state index is -0.146. The van der Waals surface area contributed by atoms with Crippen LogP contribution in [-0.2, 0) is 11.2 Å². The number of ether oxygens (including phenoxy) is 1. The van der Waals surface area contributed by atoms with Crippen molar-refractivity contribution in [2.45, 2.75) is 38.6 Å². The number of hydrogen-bond acceptors (Lipinski definition) is 4. The average molecular weight is 356 g/mol. The molecule has 1 saturated heterocycles. The molecule has 3 rings (SSSR count). The van der Waals surface area contributed by atoms with Gasteiger partial charge in [0.25, 0.3) is 0 Å². The smallest absolute Gasteiger partial charge is 0.222 e. The Balaban J connectivity index is 1.60. The lowest BCUT2D eigenvalue weighted by molar-refractivity contribution is -0.132. The third-order valence-electron chi connectivity index (χ3n) is 5.04. The van der Waals surface area contributed by atoms with Gasteiger partial charge in [0.05, 0.1) is 24.5 Å². The lowest BCUT2D eigenvalue weighted by Crippen LogP contribution is -2.60. The molecule has 0 aliphatic carbocycles. The van der Waals surface area contributed by atoms with Crippen molar-refractivity contribution in [1.82, 2.24) is 15.1 Å². The molecule has 6 heteroatoms. The lowest BCUT2D eigenvalue weighted by atomic mass is 9.97. The summed E-state index contributed by atoms with van der Waals surface area (Å²) in [7, 11) is 1.70. The van der Waals surface area contributed by atoms with Crippen molar-refractivity contribution in [2.24, 2.45) is 0 Å². The highest BCUT2D eigenvalue weighted by Crippen LogP contribution is 2.34. The number of anilines is 1. The fourth-order valence-corrected chi connectivity index (χ4v) is 3.68. The number of benzene rings is 1. The predicted molar refractivity (Wildman–Crippen MR) is 103 cm³/mol. The van der Waals surface area contributed by atoms with Crippen molar-refractivity contribution in [1.29, 1.82) is 0 Å². The Morgan fingerprint density at radius 1 is 1.31 bits per heavy atom. The van der Waals surface area contributed by atoms with Crippen LogP contribution in [-0.4, -0.2) is 53.3 Å². The van der Waals surface area contributed by atoms with Gasteiger partial charge in [-0.15, -0.1) is 0 Å². The topological polar surface area (TPSA) is 61.5 Å². The summed E-state index contributed by atoms with van der Waals surface area (Å²) in [5.74, 6) is 1.11. The maximum Gasteiger partial charge on any atom is 0.222 e. The van der Waals surface area contributed by atoms with E-state index in [0.29, 0.717) is 6.42 Å². The van der Waals surface area contributed by atoms with Crippen molar-refractivity contribution in [3.05, 3.63) is 42.2 Å². The first-order valence-corrected chi connectivity index (χ1v) is 9.17. The Kier molecular flexibility index (Phi) is 5.49. The van der Waals surface area contributed by atoms with Gasteiger partial charge < -0.3 is 14.5 Å². The molecule has 0 bridgehead atoms. The molecule has 0 radical (unpaired) electrons. The van der Waals surface area contributed by atoms with Crippen molar-refractivity contribution in [3.63, 3.8) is 0 Å². The SMILES string of the molecule is COc1ccccc1N1CCN(C(=O)CCCc2cn[nH]c2)CC1(C)C. The Morgan fingerprint density at radius 2 is 2.12 bits per heavy atom. The molecule has 2 heterocycles. The van der Waals surface area contributed by atoms with Crippen LogP contribution in [0.5, 0.6) is 5.75 Å². The maximum absolute atomic E-state index is 12.6. The summed E-state index contributed by atoms with van der Waals surface area (Å²) in [5, 5.41) is 6.75. The van der Waals surface area contributed by atoms with E-state index in [9.17, 15) is 4.79 Å². The first-order chi connectivity index (χ1) is 12.5. The van der Waals surface area contributed by atoms with Crippen LogP contribution in [0.15, 0.2) is 36.7 Å². The molecule has 0 spiro atoms. The monoisotopic (exact) mass is 356 g/mol. The number of aromatic amines is 1. The van der Waals surface area contributed by atoms with Gasteiger partial charge >= 0.3 is 0 Å². The number of carbonyl (C=O) groups is 1. The third kappa shape index (κ3) is 4.00. The van der Waals surface area contributed by atoms with E-state index in [0.717, 1.165) is 49.5 Å². The zero-order chi connectivity index (χ0) is 18.6. The predicted octanol–water partition coefficient (Wildman–Crippen LogP) is 2.87. The zero-order valence-electron chi connectivity index (χ0n) is 15.9. The molecular weight excluding hydrogens is 328 g/mol. The number of amides is 1. The maximum atomic E-state index is 12.6. The van der Waals surface area contributed by atoms with Crippen LogP contribution < -0.4 is 9.64 Å². The minimum absolute atomic E-state index is 0.146. The molecule has 0 atom stereocenters. The van der Waals surface area contributed by atoms with E-state index < -0.39 is 0 Å². The number of aromatic nitrogens is 2. The second-order valence-electron chi connectivity index (χ2n) is 7.41. The van der Waals surface area contributed by atoms with Crippen LogP contribution in [0.3, 0.4) is 0 Å². The molecule has 6 nitrogen and oxygen atoms in total. The molecule has 1 aliphatic rings. The number of nitrogens with zero attached hydrogens (tertiary/aromatic N) is 3. The van der Waals surface area contributed by atoms with E-state index >= 15 is 0 Å². The summed E-state index contributed by atoms with van der Waals surface area (Å²) in [6, 6.07) is 8.08. The van der Waals surface area contributed by atoms with Crippen LogP contribution in [0.1, 0.15) is 32.3 Å². The van der Waals surface area contributed by atoms with Gasteiger partial charge in [-0.25, -0.2) is 0 Å². The van der Waals surface area contributed by atoms with E-state index in [1.54, 1.807) is 7.11 Å². The van der Waals surface area contributed by atoms with Gasteiger partial charge in [-0.2, -0.15) is 5.10 Å². The van der Waals surface area contributed by atoms with E-state index in [2.05, 4.69) is 35.0 Å². The standard InChI is InChI=1S/C20H28N4O2/c1-20(2)15-23(19(25)10-6-7-16-13-21-22-14-16)11-12-24(20)17-8-4-5-9-18(17)26-3/h4-5,8-9,13-14H,6-7,10-12,15H2,1-3H3,(H,21,22). The van der Waals surface area contributed by atoms with E-state index in [1.165, 1.54) is 0 Å². The Labute approximate surface area is 155 Å². The van der Waals surface area contributed by atoms with E-state index in [1.807, 2.05) is 35.5 Å². The highest BCUT2D eigenvalue weighted by molar-refractivity contribution is 5.77. The molecule has 1 aromatic heterocycles. The highest BCUT2D eigenvalue weighted by atomic mass is 16.5. The van der Waals surface area contributed by atoms with Crippen LogP contribution in [0.4, 0.5) is 5.69 Å². The molecular formula is C20H28N4O2. The number of piperazine rings is 1. The number of hydrogen-bond donors (Lipinski definition) is 1. The van der Waals surface area contributed by atoms with Crippen LogP contribution in [0, 0.1) is 0 Å². The molecule has 2 aromatic rings. The van der Waals surface area contributed by atoms with Crippen LogP contribution in [0.25, 0.3) is 0 Å². The number of methoxy groups -OCH3 is 1. The first-order valence-electron chi connectivity index (χ1n) is 9.17. The largest absolute Gasteiger partial charge is 0.495 e. The molecule has 1 fully saturated rings. The fourth-order valence-electron chi connectivity index (χ4n) is 3.68. The third-order valence-corrected chi connectivity index (χ3v) is 5.04.